The van der Waals surface area contributed by atoms with E-state index in [9.17, 15) is 4.39 Å². The van der Waals surface area contributed by atoms with E-state index in [1.807, 2.05) is 13.8 Å². The summed E-state index contributed by atoms with van der Waals surface area (Å²) in [6.45, 7) is 3.82. The summed E-state index contributed by atoms with van der Waals surface area (Å²) in [6, 6.07) is 0. The van der Waals surface area contributed by atoms with Gasteiger partial charge >= 0.3 is 0 Å². The van der Waals surface area contributed by atoms with Gasteiger partial charge in [0.15, 0.2) is 0 Å². The summed E-state index contributed by atoms with van der Waals surface area (Å²) < 4.78 is 12.6. The van der Waals surface area contributed by atoms with Crippen LogP contribution in [0.1, 0.15) is 20.3 Å². The molecule has 0 aromatic rings. The predicted molar refractivity (Wildman–Crippen MR) is 36.7 cm³/mol. The Labute approximate surface area is 55.1 Å². The fourth-order valence-corrected chi connectivity index (χ4v) is 0.894. The van der Waals surface area contributed by atoms with Crippen LogP contribution in [0, 0.1) is 5.92 Å². The van der Waals surface area contributed by atoms with E-state index in [1.54, 1.807) is 6.08 Å². The van der Waals surface area contributed by atoms with E-state index in [-0.39, 0.29) is 11.7 Å². The lowest BCUT2D eigenvalue weighted by Gasteiger charge is -2.10. The molecule has 1 rings (SSSR count). The molecular formula is C8H11F. The molecule has 0 radical (unpaired) electrons. The second-order valence-electron chi connectivity index (χ2n) is 2.61. The number of halogens is 1. The average molecular weight is 126 g/mol. The molecular weight excluding hydrogens is 115 g/mol. The SMILES string of the molecule is CC1=CC[C@@H](C)C(F)=C1. The maximum absolute atomic E-state index is 12.6. The molecule has 0 aliphatic heterocycles. The van der Waals surface area contributed by atoms with E-state index >= 15 is 0 Å². The van der Waals surface area contributed by atoms with Crippen LogP contribution in [0.5, 0.6) is 0 Å². The van der Waals surface area contributed by atoms with E-state index in [4.69, 9.17) is 0 Å². The first-order valence-corrected chi connectivity index (χ1v) is 3.24. The van der Waals surface area contributed by atoms with Crippen molar-refractivity contribution in [1.82, 2.24) is 0 Å². The molecule has 0 heterocycles. The Hall–Kier alpha value is -0.590. The monoisotopic (exact) mass is 126 g/mol. The minimum Gasteiger partial charge on any atom is -0.212 e. The maximum Gasteiger partial charge on any atom is 0.103 e. The van der Waals surface area contributed by atoms with Crippen LogP contribution >= 0.6 is 0 Å². The lowest BCUT2D eigenvalue weighted by atomic mass is 9.98. The largest absolute Gasteiger partial charge is 0.212 e. The molecule has 0 spiro atoms. The summed E-state index contributed by atoms with van der Waals surface area (Å²) in [4.78, 5) is 0. The Kier molecular flexibility index (Phi) is 1.70. The molecule has 0 saturated heterocycles. The van der Waals surface area contributed by atoms with E-state index < -0.39 is 0 Å². The van der Waals surface area contributed by atoms with Crippen LogP contribution in [0.25, 0.3) is 0 Å². The highest BCUT2D eigenvalue weighted by Crippen LogP contribution is 2.23. The van der Waals surface area contributed by atoms with E-state index in [2.05, 4.69) is 6.08 Å². The Morgan fingerprint density at radius 2 is 2.33 bits per heavy atom. The molecule has 0 saturated carbocycles. The van der Waals surface area contributed by atoms with Crippen molar-refractivity contribution < 1.29 is 4.39 Å². The van der Waals surface area contributed by atoms with Crippen LogP contribution in [-0.2, 0) is 0 Å². The predicted octanol–water partition coefficient (Wildman–Crippen LogP) is 2.83. The number of allylic oxidation sites excluding steroid dienone is 4. The molecule has 0 fully saturated rings. The van der Waals surface area contributed by atoms with Crippen LogP contribution in [0.4, 0.5) is 4.39 Å². The van der Waals surface area contributed by atoms with Crippen molar-refractivity contribution in [2.45, 2.75) is 20.3 Å². The Balaban J connectivity index is 2.74. The molecule has 9 heavy (non-hydrogen) atoms. The van der Waals surface area contributed by atoms with Gasteiger partial charge in [-0.15, -0.1) is 0 Å². The molecule has 0 bridgehead atoms. The molecule has 0 amide bonds. The molecule has 0 aromatic heterocycles. The molecule has 1 aliphatic rings. The Morgan fingerprint density at radius 3 is 2.78 bits per heavy atom. The topological polar surface area (TPSA) is 0 Å². The van der Waals surface area contributed by atoms with Crippen molar-refractivity contribution in [3.8, 4) is 0 Å². The van der Waals surface area contributed by atoms with Gasteiger partial charge in [0.2, 0.25) is 0 Å². The van der Waals surface area contributed by atoms with Gasteiger partial charge in [-0.05, 0) is 19.4 Å². The van der Waals surface area contributed by atoms with E-state index in [0.29, 0.717) is 0 Å². The Morgan fingerprint density at radius 1 is 1.67 bits per heavy atom. The second kappa shape index (κ2) is 2.34. The minimum absolute atomic E-state index is 0.0231. The highest BCUT2D eigenvalue weighted by atomic mass is 19.1. The molecule has 1 heteroatoms. The molecule has 1 aliphatic carbocycles. The fourth-order valence-electron chi connectivity index (χ4n) is 0.894. The first-order valence-electron chi connectivity index (χ1n) is 3.24. The summed E-state index contributed by atoms with van der Waals surface area (Å²) in [7, 11) is 0. The van der Waals surface area contributed by atoms with Crippen molar-refractivity contribution in [3.63, 3.8) is 0 Å². The molecule has 0 N–H and O–H groups in total. The lowest BCUT2D eigenvalue weighted by molar-refractivity contribution is 0.488. The number of rotatable bonds is 0. The van der Waals surface area contributed by atoms with Crippen molar-refractivity contribution in [2.24, 2.45) is 5.92 Å². The van der Waals surface area contributed by atoms with E-state index in [1.165, 1.54) is 0 Å². The van der Waals surface area contributed by atoms with Gasteiger partial charge in [-0.3, -0.25) is 0 Å². The minimum atomic E-state index is 0.0231. The Bertz CT molecular complexity index is 165. The summed E-state index contributed by atoms with van der Waals surface area (Å²) in [6.07, 6.45) is 4.52. The van der Waals surface area contributed by atoms with Crippen molar-refractivity contribution in [1.29, 1.82) is 0 Å². The second-order valence-corrected chi connectivity index (χ2v) is 2.61. The van der Waals surface area contributed by atoms with Crippen molar-refractivity contribution in [2.75, 3.05) is 0 Å². The summed E-state index contributed by atoms with van der Waals surface area (Å²) in [5.74, 6) is 0.128. The molecule has 50 valence electrons. The molecule has 1 atom stereocenters. The van der Waals surface area contributed by atoms with Gasteiger partial charge in [0, 0.05) is 5.92 Å². The smallest absolute Gasteiger partial charge is 0.103 e. The average Bonchev–Trinajstić information content (AvgIpc) is 1.80. The van der Waals surface area contributed by atoms with Gasteiger partial charge in [-0.25, -0.2) is 4.39 Å². The van der Waals surface area contributed by atoms with Gasteiger partial charge < -0.3 is 0 Å². The van der Waals surface area contributed by atoms with Gasteiger partial charge in [0.1, 0.15) is 5.83 Å². The zero-order valence-electron chi connectivity index (χ0n) is 5.82. The number of hydrogen-bond donors (Lipinski definition) is 0. The van der Waals surface area contributed by atoms with Gasteiger partial charge in [-0.2, -0.15) is 0 Å². The van der Waals surface area contributed by atoms with Crippen LogP contribution in [0.3, 0.4) is 0 Å². The maximum atomic E-state index is 12.6. The van der Waals surface area contributed by atoms with Crippen LogP contribution in [0.2, 0.25) is 0 Å². The first kappa shape index (κ1) is 6.53. The normalized spacial score (nSPS) is 27.2. The van der Waals surface area contributed by atoms with Gasteiger partial charge in [-0.1, -0.05) is 18.6 Å². The van der Waals surface area contributed by atoms with Crippen LogP contribution in [0.15, 0.2) is 23.6 Å². The van der Waals surface area contributed by atoms with Crippen LogP contribution in [-0.4, -0.2) is 0 Å². The summed E-state index contributed by atoms with van der Waals surface area (Å²) in [5.41, 5.74) is 1.05. The summed E-state index contributed by atoms with van der Waals surface area (Å²) in [5, 5.41) is 0. The fraction of sp³-hybridized carbons (Fsp3) is 0.500. The third kappa shape index (κ3) is 1.41. The number of hydrogen-bond acceptors (Lipinski definition) is 0. The van der Waals surface area contributed by atoms with Crippen molar-refractivity contribution in [3.05, 3.63) is 23.6 Å². The third-order valence-corrected chi connectivity index (χ3v) is 1.63. The summed E-state index contributed by atoms with van der Waals surface area (Å²) >= 11 is 0. The first-order chi connectivity index (χ1) is 4.20. The van der Waals surface area contributed by atoms with Gasteiger partial charge in [0.05, 0.1) is 0 Å². The standard InChI is InChI=1S/C8H11F/c1-6-3-4-7(2)8(9)5-6/h3,5,7H,4H2,1-2H3/t7-/m1/s1. The molecule has 0 aromatic carbocycles. The van der Waals surface area contributed by atoms with Gasteiger partial charge in [0.25, 0.3) is 0 Å². The lowest BCUT2D eigenvalue weighted by Crippen LogP contribution is -1.97. The highest BCUT2D eigenvalue weighted by Gasteiger charge is 2.09. The molecule has 0 nitrogen and oxygen atoms in total. The zero-order valence-corrected chi connectivity index (χ0v) is 5.82. The molecule has 0 unspecified atom stereocenters. The quantitative estimate of drug-likeness (QED) is 0.468. The highest BCUT2D eigenvalue weighted by molar-refractivity contribution is 5.24. The van der Waals surface area contributed by atoms with E-state index in [0.717, 1.165) is 12.0 Å². The third-order valence-electron chi connectivity index (χ3n) is 1.63. The van der Waals surface area contributed by atoms with Crippen LogP contribution < -0.4 is 0 Å². The van der Waals surface area contributed by atoms with Crippen molar-refractivity contribution >= 4 is 0 Å². The zero-order chi connectivity index (χ0) is 6.85.